The molecule has 0 unspecified atom stereocenters. The maximum Gasteiger partial charge on any atom is 0.249 e. The first kappa shape index (κ1) is 52.2. The van der Waals surface area contributed by atoms with Crippen LogP contribution in [0.5, 0.6) is 0 Å². The van der Waals surface area contributed by atoms with Gasteiger partial charge < -0.3 is 10.2 Å². The van der Waals surface area contributed by atoms with Gasteiger partial charge >= 0.3 is 0 Å². The topological polar surface area (TPSA) is 113 Å². The van der Waals surface area contributed by atoms with E-state index in [1.807, 2.05) is 50.2 Å². The van der Waals surface area contributed by atoms with Crippen LogP contribution in [0.3, 0.4) is 0 Å². The van der Waals surface area contributed by atoms with E-state index in [2.05, 4.69) is 53.6 Å². The van der Waals surface area contributed by atoms with Crippen LogP contribution in [-0.4, -0.2) is 62.3 Å². The number of halogens is 1. The third-order valence-electron chi connectivity index (χ3n) is 20.7. The minimum absolute atomic E-state index is 0. The maximum absolute atomic E-state index is 13.3. The number of aromatic nitrogens is 2. The zero-order chi connectivity index (χ0) is 45.2. The highest BCUT2D eigenvalue weighted by molar-refractivity contribution is 9.10. The Morgan fingerprint density at radius 2 is 1.06 bits per heavy atom. The van der Waals surface area contributed by atoms with Crippen LogP contribution in [-0.2, 0) is 9.63 Å². The van der Waals surface area contributed by atoms with Gasteiger partial charge in [0.2, 0.25) is 5.91 Å². The monoisotopic (exact) mass is 962 g/mol. The number of amides is 1. The van der Waals surface area contributed by atoms with E-state index in [-0.39, 0.29) is 49.2 Å². The summed E-state index contributed by atoms with van der Waals surface area (Å²) in [5.41, 5.74) is 0.775. The highest BCUT2D eigenvalue weighted by atomic mass is 79.9. The lowest BCUT2D eigenvalue weighted by Crippen LogP contribution is -2.56. The predicted octanol–water partition coefficient (Wildman–Crippen LogP) is 13.2. The summed E-state index contributed by atoms with van der Waals surface area (Å²) < 4.78 is 0.884. The van der Waals surface area contributed by atoms with Crippen molar-refractivity contribution in [2.24, 2.45) is 80.8 Å². The van der Waals surface area contributed by atoms with Crippen LogP contribution < -0.4 is 0 Å². The second-order valence-electron chi connectivity index (χ2n) is 23.8. The highest BCUT2D eigenvalue weighted by Gasteiger charge is 2.64. The Labute approximate surface area is 402 Å². The molecule has 8 aliphatic carbocycles. The number of carbonyl (C=O) groups is 2. The summed E-state index contributed by atoms with van der Waals surface area (Å²) in [6, 6.07) is 11.4. The summed E-state index contributed by atoms with van der Waals surface area (Å²) >= 11 is 3.20. The van der Waals surface area contributed by atoms with E-state index in [4.69, 9.17) is 4.84 Å². The van der Waals surface area contributed by atoms with Crippen molar-refractivity contribution in [3.8, 4) is 0 Å². The average molecular weight is 963 g/mol. The molecule has 2 heterocycles. The van der Waals surface area contributed by atoms with Gasteiger partial charge in [-0.05, 0) is 239 Å². The van der Waals surface area contributed by atoms with Crippen LogP contribution in [0.15, 0.2) is 53.4 Å². The van der Waals surface area contributed by atoms with Gasteiger partial charge in [-0.2, -0.15) is 0 Å². The number of ketones is 1. The second-order valence-corrected chi connectivity index (χ2v) is 24.6. The number of nitrogens with zero attached hydrogens (tertiary/aromatic N) is 3. The van der Waals surface area contributed by atoms with Gasteiger partial charge in [0.15, 0.2) is 5.78 Å². The largest absolute Gasteiger partial charge is 0.390 e. The van der Waals surface area contributed by atoms with Crippen molar-refractivity contribution in [2.75, 3.05) is 14.2 Å². The molecule has 0 bridgehead atoms. The molecule has 2 aromatic rings. The molecular formula is C56H88BrN3O5. The fraction of sp³-hybridized carbons (Fsp3) is 0.786. The minimum atomic E-state index is -0.465. The van der Waals surface area contributed by atoms with Crippen LogP contribution >= 0.6 is 15.9 Å². The summed E-state index contributed by atoms with van der Waals surface area (Å²) in [5, 5.41) is 22.8. The fourth-order valence-electron chi connectivity index (χ4n) is 17.0. The van der Waals surface area contributed by atoms with E-state index in [1.54, 1.807) is 26.6 Å². The first-order valence-corrected chi connectivity index (χ1v) is 25.8. The second kappa shape index (κ2) is 19.7. The van der Waals surface area contributed by atoms with E-state index < -0.39 is 11.2 Å². The van der Waals surface area contributed by atoms with Crippen molar-refractivity contribution < 1.29 is 24.6 Å². The fourth-order valence-corrected chi connectivity index (χ4v) is 17.3. The van der Waals surface area contributed by atoms with E-state index in [9.17, 15) is 19.8 Å². The van der Waals surface area contributed by atoms with Gasteiger partial charge in [0.05, 0.1) is 18.3 Å². The quantitative estimate of drug-likeness (QED) is 0.178. The zero-order valence-electron chi connectivity index (χ0n) is 40.0. The van der Waals surface area contributed by atoms with Crippen molar-refractivity contribution in [2.45, 2.75) is 183 Å². The molecule has 8 aliphatic rings. The molecule has 2 aromatic heterocycles. The van der Waals surface area contributed by atoms with Crippen LogP contribution in [0.25, 0.3) is 0 Å². The van der Waals surface area contributed by atoms with E-state index in [1.165, 1.54) is 82.1 Å². The molecule has 364 valence electrons. The maximum atomic E-state index is 13.3. The molecule has 2 N–H and O–H groups in total. The van der Waals surface area contributed by atoms with Crippen LogP contribution in [0.1, 0.15) is 182 Å². The molecule has 8 fully saturated rings. The number of pyridine rings is 2. The Bertz CT molecular complexity index is 1930. The molecular weight excluding hydrogens is 875 g/mol. The zero-order valence-corrected chi connectivity index (χ0v) is 41.5. The van der Waals surface area contributed by atoms with Gasteiger partial charge in [-0.3, -0.25) is 19.4 Å². The highest BCUT2D eigenvalue weighted by Crippen LogP contribution is 2.70. The Kier molecular flexibility index (Phi) is 15.8. The van der Waals surface area contributed by atoms with Gasteiger partial charge in [-0.1, -0.05) is 54.7 Å². The Morgan fingerprint density at radius 3 is 1.49 bits per heavy atom. The Hall–Kier alpha value is -2.20. The molecule has 0 spiro atoms. The van der Waals surface area contributed by atoms with Gasteiger partial charge in [-0.15, -0.1) is 0 Å². The average Bonchev–Trinajstić information content (AvgIpc) is 3.81. The first-order chi connectivity index (χ1) is 29.8. The van der Waals surface area contributed by atoms with E-state index in [0.29, 0.717) is 40.2 Å². The number of hydrogen-bond acceptors (Lipinski definition) is 7. The van der Waals surface area contributed by atoms with Crippen LogP contribution in [0.2, 0.25) is 0 Å². The summed E-state index contributed by atoms with van der Waals surface area (Å²) in [6.07, 6.45) is 24.1. The molecule has 10 rings (SSSR count). The van der Waals surface area contributed by atoms with Crippen molar-refractivity contribution in [1.82, 2.24) is 15.0 Å². The summed E-state index contributed by atoms with van der Waals surface area (Å²) in [6.45, 7) is 14.0. The lowest BCUT2D eigenvalue weighted by Gasteiger charge is -2.61. The lowest BCUT2D eigenvalue weighted by molar-refractivity contribution is -0.182. The number of hydroxylamine groups is 2. The molecule has 9 heteroatoms. The number of Topliss-reactive ketones (excluding diaryl/α,β-unsaturated/α-hetero) is 1. The van der Waals surface area contributed by atoms with E-state index >= 15 is 0 Å². The standard InChI is InChI=1S/C26H37NO2.C23H39NO3.C5H4BrN.2CH4/c1-24(29)13-14-25(2)17(16-24)7-8-18-19-9-10-21(26(19,3)12-11-20(18)25)23(28)22-6-4-5-15-27-22;1-21(26)12-13-22(2)15(14-21)6-7-16-17-8-9-19(20(25)24(4)27-5)23(17,3)11-10-18(16)22;6-5-3-1-2-4-7-5;;/h4-6,15,17-21,29H,7-14,16H2,1-3H3;15-19,26H,6-14H2,1-5H3;1-4H;2*1H4/t17-,18+,19+,20+,21-,24-,25+,26+;15-,16+,17+,18+,19-,21-,22+,23+;;;/m11.../s1. The number of hydrogen-bond donors (Lipinski definition) is 2. The molecule has 0 radical (unpaired) electrons. The third kappa shape index (κ3) is 9.59. The molecule has 0 saturated heterocycles. The number of carbonyl (C=O) groups excluding carboxylic acids is 2. The lowest BCUT2D eigenvalue weighted by atomic mass is 9.44. The number of fused-ring (bicyclic) bond motifs is 10. The van der Waals surface area contributed by atoms with Crippen molar-refractivity contribution >= 4 is 27.6 Å². The molecule has 0 aliphatic heterocycles. The number of rotatable bonds is 4. The van der Waals surface area contributed by atoms with Crippen LogP contribution in [0.4, 0.5) is 0 Å². The minimum Gasteiger partial charge on any atom is -0.390 e. The predicted molar refractivity (Wildman–Crippen MR) is 265 cm³/mol. The molecule has 0 aromatic carbocycles. The van der Waals surface area contributed by atoms with Gasteiger partial charge in [-0.25, -0.2) is 10.0 Å². The first-order valence-electron chi connectivity index (χ1n) is 25.0. The van der Waals surface area contributed by atoms with Crippen molar-refractivity contribution in [3.05, 3.63) is 59.1 Å². The van der Waals surface area contributed by atoms with Gasteiger partial charge in [0.1, 0.15) is 10.3 Å². The van der Waals surface area contributed by atoms with Crippen LogP contribution in [0, 0.1) is 80.8 Å². The smallest absolute Gasteiger partial charge is 0.249 e. The van der Waals surface area contributed by atoms with Gasteiger partial charge in [0, 0.05) is 31.3 Å². The van der Waals surface area contributed by atoms with Crippen molar-refractivity contribution in [1.29, 1.82) is 0 Å². The SMILES string of the molecule is Brc1ccccn1.C.C.CON(C)C(=O)[C@H]1CC[C@H]2[C@@H]3CC[C@@H]4C[C@](C)(O)CC[C@]4(C)[C@H]3CC[C@]12C.C[C@@]1(O)CC[C@@]2(C)[C@H](CC[C@@H]3[C@@H]2CC[C@]2(C)[C@@H](C(=O)c4ccccn4)CC[C@@H]32)C1. The Balaban J connectivity index is 0.000000183. The number of aliphatic hydroxyl groups is 2. The molecule has 8 nitrogen and oxygen atoms in total. The molecule has 16 atom stereocenters. The summed E-state index contributed by atoms with van der Waals surface area (Å²) in [7, 11) is 3.34. The third-order valence-corrected chi connectivity index (χ3v) is 21.1. The van der Waals surface area contributed by atoms with E-state index in [0.717, 1.165) is 66.8 Å². The molecule has 8 saturated carbocycles. The van der Waals surface area contributed by atoms with Crippen molar-refractivity contribution in [3.63, 3.8) is 0 Å². The Morgan fingerprint density at radius 1 is 0.600 bits per heavy atom. The molecule has 1 amide bonds. The summed E-state index contributed by atoms with van der Waals surface area (Å²) in [4.78, 5) is 39.8. The van der Waals surface area contributed by atoms with Gasteiger partial charge in [0.25, 0.3) is 0 Å². The summed E-state index contributed by atoms with van der Waals surface area (Å²) in [5.74, 6) is 6.49. The molecule has 65 heavy (non-hydrogen) atoms. The normalized spacial score (nSPS) is 44.4.